The summed E-state index contributed by atoms with van der Waals surface area (Å²) < 4.78 is 1.39. The van der Waals surface area contributed by atoms with E-state index in [2.05, 4.69) is 10.3 Å². The Morgan fingerprint density at radius 2 is 2.36 bits per heavy atom. The van der Waals surface area contributed by atoms with E-state index in [1.807, 2.05) is 0 Å². The number of benzene rings is 1. The van der Waals surface area contributed by atoms with Gasteiger partial charge in [-0.25, -0.2) is 4.68 Å². The van der Waals surface area contributed by atoms with Crippen molar-refractivity contribution in [3.05, 3.63) is 28.3 Å². The molecule has 0 saturated carbocycles. The molecule has 0 aliphatic carbocycles. The van der Waals surface area contributed by atoms with Gasteiger partial charge in [-0.2, -0.15) is 0 Å². The van der Waals surface area contributed by atoms with E-state index in [1.54, 1.807) is 6.07 Å². The van der Waals surface area contributed by atoms with E-state index in [-0.39, 0.29) is 11.7 Å². The number of nitro groups is 1. The summed E-state index contributed by atoms with van der Waals surface area (Å²) in [5.41, 5.74) is 1.16. The molecule has 6 nitrogen and oxygen atoms in total. The van der Waals surface area contributed by atoms with Gasteiger partial charge in [0.15, 0.2) is 0 Å². The molecule has 0 aliphatic heterocycles. The van der Waals surface area contributed by atoms with Crippen LogP contribution >= 0.6 is 11.6 Å². The standard InChI is InChI=1S/C7H5ClN4O2/c8-4-11-7-3-5(12(13)14)1-2-6(7)9-10-11/h1-3H,4H2. The highest BCUT2D eigenvalue weighted by molar-refractivity contribution is 6.15. The lowest BCUT2D eigenvalue weighted by atomic mass is 10.3. The maximum absolute atomic E-state index is 10.5. The van der Waals surface area contributed by atoms with Gasteiger partial charge in [0.05, 0.1) is 10.4 Å². The molecule has 1 heterocycles. The van der Waals surface area contributed by atoms with Crippen LogP contribution in [0.2, 0.25) is 0 Å². The fourth-order valence-electron chi connectivity index (χ4n) is 1.16. The van der Waals surface area contributed by atoms with E-state index >= 15 is 0 Å². The quantitative estimate of drug-likeness (QED) is 0.430. The average molecular weight is 213 g/mol. The second-order valence-electron chi connectivity index (χ2n) is 2.64. The minimum atomic E-state index is -0.467. The minimum Gasteiger partial charge on any atom is -0.258 e. The fourth-order valence-corrected chi connectivity index (χ4v) is 1.33. The zero-order valence-corrected chi connectivity index (χ0v) is 7.68. The predicted molar refractivity (Wildman–Crippen MR) is 50.0 cm³/mol. The van der Waals surface area contributed by atoms with Crippen molar-refractivity contribution in [1.82, 2.24) is 15.0 Å². The molecule has 0 N–H and O–H groups in total. The summed E-state index contributed by atoms with van der Waals surface area (Å²) in [5.74, 6) is 0. The highest BCUT2D eigenvalue weighted by Crippen LogP contribution is 2.18. The first-order chi connectivity index (χ1) is 6.72. The molecule has 72 valence electrons. The van der Waals surface area contributed by atoms with E-state index in [1.165, 1.54) is 16.8 Å². The molecule has 0 atom stereocenters. The van der Waals surface area contributed by atoms with Crippen molar-refractivity contribution in [3.8, 4) is 0 Å². The first-order valence-corrected chi connectivity index (χ1v) is 4.29. The second kappa shape index (κ2) is 3.22. The van der Waals surface area contributed by atoms with Crippen LogP contribution < -0.4 is 0 Å². The number of aromatic nitrogens is 3. The molecule has 1 aromatic heterocycles. The van der Waals surface area contributed by atoms with Gasteiger partial charge in [0, 0.05) is 12.1 Å². The van der Waals surface area contributed by atoms with Gasteiger partial charge in [-0.05, 0) is 6.07 Å². The van der Waals surface area contributed by atoms with Gasteiger partial charge in [0.1, 0.15) is 11.5 Å². The Bertz CT molecular complexity index is 495. The molecule has 0 spiro atoms. The maximum atomic E-state index is 10.5. The van der Waals surface area contributed by atoms with E-state index in [4.69, 9.17) is 11.6 Å². The number of non-ortho nitro benzene ring substituents is 1. The minimum absolute atomic E-state index is 0.00571. The Kier molecular flexibility index (Phi) is 2.05. The van der Waals surface area contributed by atoms with Crippen LogP contribution in [0.4, 0.5) is 5.69 Å². The molecule has 1 aromatic carbocycles. The Hall–Kier alpha value is -1.69. The number of halogens is 1. The molecule has 0 amide bonds. The first kappa shape index (κ1) is 8.89. The lowest BCUT2D eigenvalue weighted by molar-refractivity contribution is -0.384. The summed E-state index contributed by atoms with van der Waals surface area (Å²) in [4.78, 5) is 10.0. The van der Waals surface area contributed by atoms with Crippen LogP contribution in [0.5, 0.6) is 0 Å². The van der Waals surface area contributed by atoms with Gasteiger partial charge < -0.3 is 0 Å². The van der Waals surface area contributed by atoms with E-state index in [0.29, 0.717) is 11.0 Å². The number of hydrogen-bond acceptors (Lipinski definition) is 4. The van der Waals surface area contributed by atoms with Crippen molar-refractivity contribution in [1.29, 1.82) is 0 Å². The van der Waals surface area contributed by atoms with Crippen LogP contribution in [0, 0.1) is 10.1 Å². The molecule has 0 saturated heterocycles. The van der Waals surface area contributed by atoms with Crippen molar-refractivity contribution in [2.75, 3.05) is 0 Å². The van der Waals surface area contributed by atoms with Crippen molar-refractivity contribution in [2.24, 2.45) is 0 Å². The summed E-state index contributed by atoms with van der Waals surface area (Å²) >= 11 is 5.57. The predicted octanol–water partition coefficient (Wildman–Crippen LogP) is 1.54. The summed E-state index contributed by atoms with van der Waals surface area (Å²) in [5, 5.41) is 18.0. The van der Waals surface area contributed by atoms with Crippen LogP contribution in [0.1, 0.15) is 0 Å². The second-order valence-corrected chi connectivity index (χ2v) is 2.88. The van der Waals surface area contributed by atoms with Gasteiger partial charge in [-0.1, -0.05) is 5.21 Å². The Morgan fingerprint density at radius 3 is 3.00 bits per heavy atom. The summed E-state index contributed by atoms with van der Waals surface area (Å²) in [6.07, 6.45) is 0. The molecule has 7 heteroatoms. The monoisotopic (exact) mass is 212 g/mol. The molecule has 14 heavy (non-hydrogen) atoms. The van der Waals surface area contributed by atoms with Crippen LogP contribution in [-0.2, 0) is 6.00 Å². The zero-order chi connectivity index (χ0) is 10.1. The summed E-state index contributed by atoms with van der Waals surface area (Å²) in [6, 6.07) is 4.45. The van der Waals surface area contributed by atoms with Crippen LogP contribution in [0.15, 0.2) is 18.2 Å². The Labute approximate surface area is 83.2 Å². The van der Waals surface area contributed by atoms with Gasteiger partial charge in [-0.15, -0.1) is 16.7 Å². The zero-order valence-electron chi connectivity index (χ0n) is 6.92. The average Bonchev–Trinajstić information content (AvgIpc) is 2.59. The van der Waals surface area contributed by atoms with Crippen LogP contribution in [-0.4, -0.2) is 19.9 Å². The third kappa shape index (κ3) is 1.29. The van der Waals surface area contributed by atoms with Crippen LogP contribution in [0.25, 0.3) is 11.0 Å². The van der Waals surface area contributed by atoms with Gasteiger partial charge in [0.2, 0.25) is 0 Å². The topological polar surface area (TPSA) is 73.8 Å². The van der Waals surface area contributed by atoms with Gasteiger partial charge in [0.25, 0.3) is 5.69 Å². The SMILES string of the molecule is O=[N+]([O-])c1ccc2nnn(CCl)c2c1. The summed E-state index contributed by atoms with van der Waals surface area (Å²) in [7, 11) is 0. The molecule has 0 radical (unpaired) electrons. The number of hydrogen-bond donors (Lipinski definition) is 0. The number of rotatable bonds is 2. The molecule has 0 aliphatic rings. The smallest absolute Gasteiger partial charge is 0.258 e. The van der Waals surface area contributed by atoms with Crippen LogP contribution in [0.3, 0.4) is 0 Å². The van der Waals surface area contributed by atoms with Crippen molar-refractivity contribution in [3.63, 3.8) is 0 Å². The van der Waals surface area contributed by atoms with Gasteiger partial charge in [-0.3, -0.25) is 10.1 Å². The fraction of sp³-hybridized carbons (Fsp3) is 0.143. The summed E-state index contributed by atoms with van der Waals surface area (Å²) in [6.45, 7) is 0. The molecular weight excluding hydrogens is 208 g/mol. The Morgan fingerprint density at radius 1 is 1.57 bits per heavy atom. The molecule has 0 fully saturated rings. The highest BCUT2D eigenvalue weighted by atomic mass is 35.5. The number of nitrogens with zero attached hydrogens (tertiary/aromatic N) is 4. The lowest BCUT2D eigenvalue weighted by Gasteiger charge is -1.94. The number of nitro benzene ring substituents is 1. The van der Waals surface area contributed by atoms with Crippen molar-refractivity contribution < 1.29 is 4.92 Å². The molecule has 2 aromatic rings. The van der Waals surface area contributed by atoms with Gasteiger partial charge >= 0.3 is 0 Å². The largest absolute Gasteiger partial charge is 0.271 e. The maximum Gasteiger partial charge on any atom is 0.271 e. The number of alkyl halides is 1. The van der Waals surface area contributed by atoms with E-state index in [0.717, 1.165) is 0 Å². The Balaban J connectivity index is 2.67. The third-order valence-electron chi connectivity index (χ3n) is 1.82. The molecule has 0 unspecified atom stereocenters. The lowest BCUT2D eigenvalue weighted by Crippen LogP contribution is -1.94. The first-order valence-electron chi connectivity index (χ1n) is 3.76. The van der Waals surface area contributed by atoms with Crippen molar-refractivity contribution >= 4 is 28.3 Å². The highest BCUT2D eigenvalue weighted by Gasteiger charge is 2.10. The van der Waals surface area contributed by atoms with Crippen molar-refractivity contribution in [2.45, 2.75) is 6.00 Å². The van der Waals surface area contributed by atoms with E-state index in [9.17, 15) is 10.1 Å². The third-order valence-corrected chi connectivity index (χ3v) is 2.05. The normalized spacial score (nSPS) is 10.6. The number of fused-ring (bicyclic) bond motifs is 1. The van der Waals surface area contributed by atoms with E-state index < -0.39 is 4.92 Å². The molecule has 2 rings (SSSR count). The molecular formula is C7H5ClN4O2. The molecule has 0 bridgehead atoms.